The number of para-hydroxylation sites is 4. The van der Waals surface area contributed by atoms with Gasteiger partial charge in [0.25, 0.3) is 0 Å². The molecule has 0 N–H and O–H groups in total. The number of halogens is 9. The van der Waals surface area contributed by atoms with Crippen molar-refractivity contribution >= 4 is 42.6 Å². The van der Waals surface area contributed by atoms with Crippen molar-refractivity contribution in [2.24, 2.45) is 28.2 Å². The van der Waals surface area contributed by atoms with Crippen LogP contribution >= 0.6 is 0 Å². The molecule has 0 spiro atoms. The summed E-state index contributed by atoms with van der Waals surface area (Å²) in [6.07, 6.45) is -8.66. The topological polar surface area (TPSA) is 141 Å². The molecule has 0 bridgehead atoms. The highest BCUT2D eigenvalue weighted by Gasteiger charge is 2.46. The summed E-state index contributed by atoms with van der Waals surface area (Å²) in [6, 6.07) is 13.6. The van der Waals surface area contributed by atoms with Crippen LogP contribution in [0.25, 0.3) is 22.1 Å². The Bertz CT molecular complexity index is 1640. The lowest BCUT2D eigenvalue weighted by atomic mass is 10.3. The standard InChI is InChI=1S/2C10H10F3N2.CHF3O3S.CH4O4S/c2*1-14-7-5-3-4-6-8(7)15(2)9(14)10(11,12)13;2-1(3,4)8(5,6)7;1-5-6(2,3)4/h2*3-6H,1-2H3;(H,5,6,7);1H3,(H,2,3,4)/q2*+1;;/p-2. The summed E-state index contributed by atoms with van der Waals surface area (Å²) in [5.74, 6) is -1.30. The summed E-state index contributed by atoms with van der Waals surface area (Å²) >= 11 is 0. The van der Waals surface area contributed by atoms with Gasteiger partial charge in [0.2, 0.25) is 10.4 Å². The van der Waals surface area contributed by atoms with Gasteiger partial charge in [0.1, 0.15) is 0 Å². The van der Waals surface area contributed by atoms with E-state index < -0.39 is 50.0 Å². The average Bonchev–Trinajstić information content (AvgIpc) is 3.28. The van der Waals surface area contributed by atoms with Crippen LogP contribution in [0.5, 0.6) is 0 Å². The molecule has 11 nitrogen and oxygen atoms in total. The predicted molar refractivity (Wildman–Crippen MR) is 131 cm³/mol. The molecular weight excluding hydrogens is 667 g/mol. The fraction of sp³-hybridized carbons (Fsp3) is 0.364. The van der Waals surface area contributed by atoms with Crippen LogP contribution in [0.4, 0.5) is 39.5 Å². The Kier molecular flexibility index (Phi) is 12.0. The Labute approximate surface area is 244 Å². The first-order valence-electron chi connectivity index (χ1n) is 11.2. The Morgan fingerprint density at radius 3 is 1.09 bits per heavy atom. The van der Waals surface area contributed by atoms with Crippen molar-refractivity contribution in [3.63, 3.8) is 0 Å². The summed E-state index contributed by atoms with van der Waals surface area (Å²) in [6.45, 7) is 0. The summed E-state index contributed by atoms with van der Waals surface area (Å²) in [4.78, 5) is 0. The summed E-state index contributed by atoms with van der Waals surface area (Å²) in [5.41, 5.74) is -3.34. The minimum absolute atomic E-state index is 0.576. The van der Waals surface area contributed by atoms with Crippen LogP contribution in [0.1, 0.15) is 11.6 Å². The second-order valence-electron chi connectivity index (χ2n) is 8.33. The highest BCUT2D eigenvalue weighted by atomic mass is 32.3. The molecule has 0 saturated heterocycles. The van der Waals surface area contributed by atoms with Gasteiger partial charge in [-0.15, -0.1) is 0 Å². The van der Waals surface area contributed by atoms with Gasteiger partial charge in [-0.05, 0) is 24.3 Å². The largest absolute Gasteiger partial charge is 0.741 e. The van der Waals surface area contributed by atoms with Gasteiger partial charge in [0, 0.05) is 0 Å². The minimum Gasteiger partial charge on any atom is -0.741 e. The van der Waals surface area contributed by atoms with E-state index in [1.165, 1.54) is 28.2 Å². The monoisotopic (exact) mass is 690 g/mol. The van der Waals surface area contributed by atoms with E-state index in [-0.39, 0.29) is 0 Å². The Morgan fingerprint density at radius 2 is 0.909 bits per heavy atom. The molecule has 0 radical (unpaired) electrons. The van der Waals surface area contributed by atoms with E-state index in [1.54, 1.807) is 48.5 Å². The van der Waals surface area contributed by atoms with Crippen molar-refractivity contribution in [2.75, 3.05) is 7.11 Å². The first-order chi connectivity index (χ1) is 19.7. The number of rotatable bonds is 1. The lowest BCUT2D eigenvalue weighted by Gasteiger charge is -2.08. The number of alkyl halides is 9. The van der Waals surface area contributed by atoms with Gasteiger partial charge in [-0.1, -0.05) is 24.3 Å². The number of nitrogens with zero attached hydrogens (tertiary/aromatic N) is 4. The van der Waals surface area contributed by atoms with E-state index in [2.05, 4.69) is 4.18 Å². The molecule has 22 heteroatoms. The molecule has 0 amide bonds. The van der Waals surface area contributed by atoms with E-state index in [0.29, 0.717) is 22.1 Å². The highest BCUT2D eigenvalue weighted by molar-refractivity contribution is 7.86. The van der Waals surface area contributed by atoms with E-state index in [0.717, 1.165) is 25.4 Å². The lowest BCUT2D eigenvalue weighted by Crippen LogP contribution is -2.37. The second-order valence-corrected chi connectivity index (χ2v) is 10.9. The molecule has 0 saturated carbocycles. The molecule has 0 unspecified atom stereocenters. The van der Waals surface area contributed by atoms with Gasteiger partial charge in [0.15, 0.2) is 32.2 Å². The number of hydrogen-bond donors (Lipinski definition) is 0. The zero-order valence-corrected chi connectivity index (χ0v) is 24.6. The van der Waals surface area contributed by atoms with Crippen LogP contribution in [0.3, 0.4) is 0 Å². The number of aryl methyl sites for hydroxylation is 4. The smallest absolute Gasteiger partial charge is 0.495 e. The van der Waals surface area contributed by atoms with Gasteiger partial charge in [-0.2, -0.15) is 39.5 Å². The summed E-state index contributed by atoms with van der Waals surface area (Å²) in [7, 11) is -4.01. The van der Waals surface area contributed by atoms with E-state index in [1.807, 2.05) is 0 Å². The molecule has 0 atom stereocenters. The van der Waals surface area contributed by atoms with E-state index in [4.69, 9.17) is 13.0 Å². The van der Waals surface area contributed by atoms with Gasteiger partial charge < -0.3 is 9.11 Å². The average molecular weight is 691 g/mol. The molecule has 2 heterocycles. The SMILES string of the molecule is COS(=O)(=O)[O-].Cn1c(C(F)(F)F)[n+](C)c2ccccc21.Cn1c(C(F)(F)F)[n+](C)c2ccccc21.O=S(=O)([O-])C(F)(F)F. The Balaban J connectivity index is 0.000000314. The molecule has 0 aliphatic heterocycles. The van der Waals surface area contributed by atoms with E-state index in [9.17, 15) is 52.5 Å². The first-order valence-corrected chi connectivity index (χ1v) is 14.0. The third-order valence-electron chi connectivity index (χ3n) is 5.47. The molecule has 248 valence electrons. The molecule has 4 aromatic rings. The number of aromatic nitrogens is 4. The molecule has 0 fully saturated rings. The molecule has 44 heavy (non-hydrogen) atoms. The lowest BCUT2D eigenvalue weighted by molar-refractivity contribution is -0.667. The maximum absolute atomic E-state index is 12.7. The fourth-order valence-electron chi connectivity index (χ4n) is 3.73. The van der Waals surface area contributed by atoms with Crippen molar-refractivity contribution in [3.05, 3.63) is 60.2 Å². The fourth-order valence-corrected chi connectivity index (χ4v) is 3.73. The molecule has 0 aliphatic rings. The first kappa shape index (κ1) is 38.6. The third kappa shape index (κ3) is 9.77. The summed E-state index contributed by atoms with van der Waals surface area (Å²) in [5, 5.41) is 0. The van der Waals surface area contributed by atoms with Crippen molar-refractivity contribution < 1.29 is 78.8 Å². The number of hydrogen-bond acceptors (Lipinski definition) is 7. The third-order valence-corrected chi connectivity index (χ3v) is 6.45. The van der Waals surface area contributed by atoms with Crippen LogP contribution in [0.15, 0.2) is 48.5 Å². The van der Waals surface area contributed by atoms with Gasteiger partial charge >= 0.3 is 29.5 Å². The quantitative estimate of drug-likeness (QED) is 0.0983. The normalized spacial score (nSPS) is 12.5. The van der Waals surface area contributed by atoms with Crippen LogP contribution in [-0.4, -0.2) is 47.7 Å². The number of imidazole rings is 2. The van der Waals surface area contributed by atoms with Crippen LogP contribution in [0.2, 0.25) is 0 Å². The van der Waals surface area contributed by atoms with Gasteiger partial charge in [0.05, 0.1) is 35.3 Å². The van der Waals surface area contributed by atoms with Gasteiger partial charge in [-0.3, -0.25) is 4.18 Å². The number of benzene rings is 2. The van der Waals surface area contributed by atoms with E-state index >= 15 is 0 Å². The summed E-state index contributed by atoms with van der Waals surface area (Å²) < 4.78 is 171. The van der Waals surface area contributed by atoms with Crippen molar-refractivity contribution in [1.82, 2.24) is 9.13 Å². The molecule has 2 aromatic carbocycles. The maximum Gasteiger partial charge on any atom is 0.495 e. The van der Waals surface area contributed by atoms with Crippen molar-refractivity contribution in [1.29, 1.82) is 0 Å². The van der Waals surface area contributed by atoms with Gasteiger partial charge in [-0.25, -0.2) is 35.1 Å². The van der Waals surface area contributed by atoms with Crippen LogP contribution < -0.4 is 9.13 Å². The Morgan fingerprint density at radius 1 is 0.659 bits per heavy atom. The molecule has 2 aromatic heterocycles. The highest BCUT2D eigenvalue weighted by Crippen LogP contribution is 2.30. The molecule has 0 aliphatic carbocycles. The second kappa shape index (κ2) is 13.7. The maximum atomic E-state index is 12.7. The minimum atomic E-state index is -6.09. The predicted octanol–water partition coefficient (Wildman–Crippen LogP) is 3.19. The van der Waals surface area contributed by atoms with Crippen molar-refractivity contribution in [3.8, 4) is 0 Å². The molecular formula is C22H23F9N4O7S2. The Hall–Kier alpha value is -3.47. The number of fused-ring (bicyclic) bond motifs is 2. The zero-order chi connectivity index (χ0) is 34.6. The van der Waals surface area contributed by atoms with Crippen LogP contribution in [-0.2, 0) is 65.2 Å². The van der Waals surface area contributed by atoms with Crippen molar-refractivity contribution in [2.45, 2.75) is 17.9 Å². The zero-order valence-electron chi connectivity index (χ0n) is 23.0. The van der Waals surface area contributed by atoms with Crippen LogP contribution in [0, 0.1) is 0 Å². The molecule has 4 rings (SSSR count).